The van der Waals surface area contributed by atoms with E-state index in [0.717, 1.165) is 17.8 Å². The van der Waals surface area contributed by atoms with Crippen LogP contribution in [-0.4, -0.2) is 14.8 Å². The van der Waals surface area contributed by atoms with Crippen LogP contribution in [0.1, 0.15) is 44.3 Å². The lowest BCUT2D eigenvalue weighted by Crippen LogP contribution is -2.52. The van der Waals surface area contributed by atoms with Crippen LogP contribution in [0.25, 0.3) is 0 Å². The predicted molar refractivity (Wildman–Crippen MR) is 60.9 cm³/mol. The lowest BCUT2D eigenvalue weighted by molar-refractivity contribution is -0.0436. The van der Waals surface area contributed by atoms with Gasteiger partial charge in [-0.2, -0.15) is 5.26 Å². The molecule has 1 aromatic heterocycles. The Morgan fingerprint density at radius 2 is 1.76 bits per heavy atom. The van der Waals surface area contributed by atoms with E-state index in [9.17, 15) is 0 Å². The van der Waals surface area contributed by atoms with E-state index in [-0.39, 0.29) is 5.54 Å². The molecule has 0 radical (unpaired) electrons. The number of aromatic nitrogens is 3. The summed E-state index contributed by atoms with van der Waals surface area (Å²) in [6, 6.07) is 2.19. The molecule has 4 nitrogen and oxygen atoms in total. The van der Waals surface area contributed by atoms with Gasteiger partial charge in [0.25, 0.3) is 0 Å². The molecule has 4 aliphatic carbocycles. The molecule has 4 fully saturated rings. The molecular weight excluding hydrogens is 212 g/mol. The molecule has 0 amide bonds. The summed E-state index contributed by atoms with van der Waals surface area (Å²) >= 11 is 0. The van der Waals surface area contributed by atoms with Gasteiger partial charge >= 0.3 is 0 Å². The van der Waals surface area contributed by atoms with Crippen LogP contribution < -0.4 is 0 Å². The summed E-state index contributed by atoms with van der Waals surface area (Å²) in [5, 5.41) is 17.0. The van der Waals surface area contributed by atoms with Crippen LogP contribution >= 0.6 is 0 Å². The van der Waals surface area contributed by atoms with Gasteiger partial charge in [-0.15, -0.1) is 10.2 Å². The van der Waals surface area contributed by atoms with Crippen molar-refractivity contribution in [2.75, 3.05) is 0 Å². The van der Waals surface area contributed by atoms with Crippen molar-refractivity contribution in [3.63, 3.8) is 0 Å². The fourth-order valence-corrected chi connectivity index (χ4v) is 5.02. The largest absolute Gasteiger partial charge is 0.299 e. The molecule has 5 rings (SSSR count). The summed E-state index contributed by atoms with van der Waals surface area (Å²) in [7, 11) is 0. The summed E-state index contributed by atoms with van der Waals surface area (Å²) in [5.74, 6) is 3.16. The van der Waals surface area contributed by atoms with Crippen LogP contribution in [0.5, 0.6) is 0 Å². The minimum absolute atomic E-state index is 0.184. The first-order valence-electron chi connectivity index (χ1n) is 6.60. The zero-order valence-electron chi connectivity index (χ0n) is 9.84. The molecule has 0 N–H and O–H groups in total. The van der Waals surface area contributed by atoms with Gasteiger partial charge in [0.2, 0.25) is 5.82 Å². The number of nitrogens with zero attached hydrogens (tertiary/aromatic N) is 4. The molecule has 0 aliphatic heterocycles. The second-order valence-corrected chi connectivity index (χ2v) is 6.28. The number of rotatable bonds is 1. The number of hydrogen-bond acceptors (Lipinski definition) is 3. The monoisotopic (exact) mass is 228 g/mol. The molecule has 0 spiro atoms. The van der Waals surface area contributed by atoms with Crippen molar-refractivity contribution in [3.05, 3.63) is 12.2 Å². The Kier molecular flexibility index (Phi) is 1.76. The molecule has 4 saturated carbocycles. The van der Waals surface area contributed by atoms with Gasteiger partial charge in [0.15, 0.2) is 0 Å². The molecular formula is C13H16N4. The van der Waals surface area contributed by atoms with Crippen molar-refractivity contribution in [1.29, 1.82) is 5.26 Å². The van der Waals surface area contributed by atoms with Gasteiger partial charge in [0, 0.05) is 5.54 Å². The molecule has 0 saturated heterocycles. The first kappa shape index (κ1) is 9.64. The van der Waals surface area contributed by atoms with Crippen molar-refractivity contribution in [2.24, 2.45) is 17.8 Å². The van der Waals surface area contributed by atoms with Gasteiger partial charge in [-0.3, -0.25) is 4.57 Å². The summed E-state index contributed by atoms with van der Waals surface area (Å²) in [6.45, 7) is 0. The molecule has 1 aromatic rings. The highest BCUT2D eigenvalue weighted by atomic mass is 15.3. The molecule has 4 bridgehead atoms. The van der Waals surface area contributed by atoms with Crippen molar-refractivity contribution in [3.8, 4) is 6.07 Å². The van der Waals surface area contributed by atoms with Crippen molar-refractivity contribution < 1.29 is 0 Å². The van der Waals surface area contributed by atoms with Gasteiger partial charge in [0.05, 0.1) is 0 Å². The first-order chi connectivity index (χ1) is 8.29. The van der Waals surface area contributed by atoms with Gasteiger partial charge in [-0.05, 0) is 56.3 Å². The Balaban J connectivity index is 1.80. The third-order valence-corrected chi connectivity index (χ3v) is 5.16. The molecule has 17 heavy (non-hydrogen) atoms. The maximum absolute atomic E-state index is 9.14. The van der Waals surface area contributed by atoms with Crippen molar-refractivity contribution in [2.45, 2.75) is 44.1 Å². The average Bonchev–Trinajstić information content (AvgIpc) is 2.75. The molecule has 88 valence electrons. The molecule has 0 unspecified atom stereocenters. The molecule has 0 atom stereocenters. The van der Waals surface area contributed by atoms with Crippen LogP contribution in [0.15, 0.2) is 6.33 Å². The third kappa shape index (κ3) is 1.23. The Morgan fingerprint density at radius 1 is 1.18 bits per heavy atom. The van der Waals surface area contributed by atoms with Crippen LogP contribution in [0.4, 0.5) is 0 Å². The molecule has 4 heteroatoms. The van der Waals surface area contributed by atoms with E-state index in [0.29, 0.717) is 5.82 Å². The fraction of sp³-hybridized carbons (Fsp3) is 0.769. The summed E-state index contributed by atoms with van der Waals surface area (Å²) < 4.78 is 2.09. The maximum Gasteiger partial charge on any atom is 0.235 e. The summed E-state index contributed by atoms with van der Waals surface area (Å²) in [4.78, 5) is 0. The Morgan fingerprint density at radius 3 is 2.29 bits per heavy atom. The van der Waals surface area contributed by atoms with Gasteiger partial charge < -0.3 is 0 Å². The predicted octanol–water partition coefficient (Wildman–Crippen LogP) is 2.08. The van der Waals surface area contributed by atoms with E-state index >= 15 is 0 Å². The molecule has 4 aliphatic rings. The topological polar surface area (TPSA) is 54.5 Å². The smallest absolute Gasteiger partial charge is 0.235 e. The van der Waals surface area contributed by atoms with Gasteiger partial charge in [-0.1, -0.05) is 0 Å². The number of hydrogen-bond donors (Lipinski definition) is 0. The molecule has 1 heterocycles. The van der Waals surface area contributed by atoms with E-state index in [2.05, 4.69) is 20.8 Å². The Labute approximate surface area is 101 Å². The lowest BCUT2D eigenvalue weighted by atomic mass is 9.53. The van der Waals surface area contributed by atoms with Crippen LogP contribution in [-0.2, 0) is 5.54 Å². The zero-order chi connectivity index (χ0) is 11.5. The highest BCUT2D eigenvalue weighted by Gasteiger charge is 2.52. The normalized spacial score (nSPS) is 42.6. The van der Waals surface area contributed by atoms with Crippen molar-refractivity contribution >= 4 is 0 Å². The third-order valence-electron chi connectivity index (χ3n) is 5.16. The van der Waals surface area contributed by atoms with E-state index < -0.39 is 0 Å². The second kappa shape index (κ2) is 3.10. The SMILES string of the molecule is N#Cc1nncn1C12CC3CC(CC(C3)C1)C2. The average molecular weight is 228 g/mol. The lowest BCUT2D eigenvalue weighted by Gasteiger charge is -2.57. The Hall–Kier alpha value is -1.37. The first-order valence-corrected chi connectivity index (χ1v) is 6.60. The van der Waals surface area contributed by atoms with Gasteiger partial charge in [-0.25, -0.2) is 0 Å². The summed E-state index contributed by atoms with van der Waals surface area (Å²) in [6.07, 6.45) is 9.77. The zero-order valence-corrected chi connectivity index (χ0v) is 9.84. The van der Waals surface area contributed by atoms with Crippen molar-refractivity contribution in [1.82, 2.24) is 14.8 Å². The van der Waals surface area contributed by atoms with Gasteiger partial charge in [0.1, 0.15) is 12.4 Å². The highest BCUT2D eigenvalue weighted by Crippen LogP contribution is 2.58. The van der Waals surface area contributed by atoms with Crippen LogP contribution in [0.3, 0.4) is 0 Å². The van der Waals surface area contributed by atoms with E-state index in [1.807, 2.05) is 0 Å². The number of nitriles is 1. The van der Waals surface area contributed by atoms with E-state index in [4.69, 9.17) is 5.26 Å². The minimum Gasteiger partial charge on any atom is -0.299 e. The maximum atomic E-state index is 9.14. The molecule has 0 aromatic carbocycles. The quantitative estimate of drug-likeness (QED) is 0.739. The van der Waals surface area contributed by atoms with E-state index in [1.54, 1.807) is 6.33 Å². The van der Waals surface area contributed by atoms with Crippen LogP contribution in [0, 0.1) is 29.1 Å². The minimum atomic E-state index is 0.184. The van der Waals surface area contributed by atoms with Crippen LogP contribution in [0.2, 0.25) is 0 Å². The fourth-order valence-electron chi connectivity index (χ4n) is 5.02. The second-order valence-electron chi connectivity index (χ2n) is 6.28. The standard InChI is InChI=1S/C13H16N4/c14-7-12-16-15-8-17(12)13-4-9-1-10(5-13)3-11(2-9)6-13/h8-11H,1-6H2. The summed E-state index contributed by atoms with van der Waals surface area (Å²) in [5.41, 5.74) is 0.184. The van der Waals surface area contributed by atoms with E-state index in [1.165, 1.54) is 38.5 Å². The Bertz CT molecular complexity index is 460. The highest BCUT2D eigenvalue weighted by molar-refractivity contribution is 5.15.